The number of halogens is 2. The van der Waals surface area contributed by atoms with E-state index in [1.165, 1.54) is 0 Å². The highest BCUT2D eigenvalue weighted by atomic mass is 32.2. The average molecular weight is 318 g/mol. The van der Waals surface area contributed by atoms with Crippen molar-refractivity contribution in [2.24, 2.45) is 41.4 Å². The number of Topliss-reactive ketones (excluding diaryl/α,β-unsaturated/α-hetero) is 1. The highest BCUT2D eigenvalue weighted by Crippen LogP contribution is 2.67. The average Bonchev–Trinajstić information content (AvgIpc) is 3.13. The van der Waals surface area contributed by atoms with Gasteiger partial charge in [0.2, 0.25) is 5.78 Å². The molecule has 0 heterocycles. The van der Waals surface area contributed by atoms with Gasteiger partial charge < -0.3 is 0 Å². The summed E-state index contributed by atoms with van der Waals surface area (Å²) >= 11 is 0. The maximum atomic E-state index is 13.6. The van der Waals surface area contributed by atoms with Crippen LogP contribution in [0.15, 0.2) is 12.2 Å². The Kier molecular flexibility index (Phi) is 2.58. The molecule has 0 spiro atoms. The lowest BCUT2D eigenvalue weighted by atomic mass is 9.68. The number of allylic oxidation sites excluding steroid dienone is 2. The van der Waals surface area contributed by atoms with E-state index in [1.54, 1.807) is 0 Å². The Hall–Kier alpha value is -0.820. The fraction of sp³-hybridized carbons (Fsp3) is 0.786. The summed E-state index contributed by atoms with van der Waals surface area (Å²) in [5.41, 5.74) is 0. The second kappa shape index (κ2) is 3.93. The lowest BCUT2D eigenvalue weighted by Crippen LogP contribution is -2.45. The van der Waals surface area contributed by atoms with Crippen LogP contribution in [0.4, 0.5) is 8.78 Å². The molecule has 0 aliphatic heterocycles. The molecule has 7 unspecified atom stereocenters. The molecule has 0 saturated heterocycles. The minimum absolute atomic E-state index is 0.153. The fourth-order valence-electron chi connectivity index (χ4n) is 5.66. The Balaban J connectivity index is 1.63. The molecule has 21 heavy (non-hydrogen) atoms. The Labute approximate surface area is 121 Å². The predicted octanol–water partition coefficient (Wildman–Crippen LogP) is 2.13. The van der Waals surface area contributed by atoms with Crippen LogP contribution in [0.25, 0.3) is 0 Å². The van der Waals surface area contributed by atoms with E-state index in [-0.39, 0.29) is 17.8 Å². The summed E-state index contributed by atoms with van der Waals surface area (Å²) in [5, 5.41) is -4.68. The molecule has 7 heteroatoms. The number of ketones is 1. The van der Waals surface area contributed by atoms with Crippen LogP contribution < -0.4 is 0 Å². The maximum absolute atomic E-state index is 13.6. The van der Waals surface area contributed by atoms with E-state index in [1.807, 2.05) is 0 Å². The van der Waals surface area contributed by atoms with Gasteiger partial charge in [0.1, 0.15) is 0 Å². The number of hydrogen-bond donors (Lipinski definition) is 1. The maximum Gasteiger partial charge on any atom is 0.426 e. The van der Waals surface area contributed by atoms with E-state index in [9.17, 15) is 22.0 Å². The van der Waals surface area contributed by atoms with Crippen LogP contribution >= 0.6 is 0 Å². The van der Waals surface area contributed by atoms with Crippen molar-refractivity contribution in [2.75, 3.05) is 0 Å². The topological polar surface area (TPSA) is 71.4 Å². The third kappa shape index (κ3) is 1.62. The van der Waals surface area contributed by atoms with Gasteiger partial charge in [-0.3, -0.25) is 9.35 Å². The zero-order valence-electron chi connectivity index (χ0n) is 11.2. The summed E-state index contributed by atoms with van der Waals surface area (Å²) in [6.45, 7) is 0. The molecule has 0 aromatic rings. The Bertz CT molecular complexity index is 641. The third-order valence-electron chi connectivity index (χ3n) is 6.22. The van der Waals surface area contributed by atoms with Gasteiger partial charge in [0, 0.05) is 5.92 Å². The minimum Gasteiger partial charge on any atom is -0.291 e. The van der Waals surface area contributed by atoms with Crippen molar-refractivity contribution in [1.29, 1.82) is 0 Å². The van der Waals surface area contributed by atoms with Crippen LogP contribution in [0.3, 0.4) is 0 Å². The van der Waals surface area contributed by atoms with Crippen LogP contribution in [-0.2, 0) is 14.9 Å². The smallest absolute Gasteiger partial charge is 0.291 e. The van der Waals surface area contributed by atoms with Gasteiger partial charge >= 0.3 is 15.4 Å². The van der Waals surface area contributed by atoms with Gasteiger partial charge in [0.15, 0.2) is 0 Å². The summed E-state index contributed by atoms with van der Waals surface area (Å²) < 4.78 is 57.5. The molecule has 0 amide bonds. The van der Waals surface area contributed by atoms with Crippen LogP contribution in [-0.4, -0.2) is 24.0 Å². The highest BCUT2D eigenvalue weighted by molar-refractivity contribution is 7.87. The van der Waals surface area contributed by atoms with Crippen molar-refractivity contribution >= 4 is 15.9 Å². The van der Waals surface area contributed by atoms with E-state index >= 15 is 0 Å². The van der Waals surface area contributed by atoms with Crippen LogP contribution in [0.1, 0.15) is 19.3 Å². The van der Waals surface area contributed by atoms with Crippen LogP contribution in [0.2, 0.25) is 0 Å². The lowest BCUT2D eigenvalue weighted by molar-refractivity contribution is -0.141. The van der Waals surface area contributed by atoms with Gasteiger partial charge in [-0.05, 0) is 54.8 Å². The Morgan fingerprint density at radius 1 is 1.10 bits per heavy atom. The van der Waals surface area contributed by atoms with Gasteiger partial charge in [0.05, 0.1) is 0 Å². The third-order valence-corrected chi connectivity index (χ3v) is 7.07. The molecule has 7 atom stereocenters. The molecule has 0 aromatic carbocycles. The number of fused-ring (bicyclic) bond motifs is 9. The van der Waals surface area contributed by atoms with Gasteiger partial charge in [-0.1, -0.05) is 12.2 Å². The highest BCUT2D eigenvalue weighted by Gasteiger charge is 2.66. The molecular formula is C14H16F2O4S. The fourth-order valence-corrected chi connectivity index (χ4v) is 6.07. The van der Waals surface area contributed by atoms with E-state index < -0.39 is 27.1 Å². The summed E-state index contributed by atoms with van der Waals surface area (Å²) in [6, 6.07) is 0. The summed E-state index contributed by atoms with van der Waals surface area (Å²) in [6.07, 6.45) is 6.44. The zero-order valence-corrected chi connectivity index (χ0v) is 12.0. The zero-order chi connectivity index (χ0) is 15.2. The van der Waals surface area contributed by atoms with Gasteiger partial charge in [0.25, 0.3) is 0 Å². The summed E-state index contributed by atoms with van der Waals surface area (Å²) in [4.78, 5) is 12.0. The molecule has 4 aliphatic carbocycles. The second-order valence-electron chi connectivity index (χ2n) is 6.96. The molecule has 3 saturated carbocycles. The molecule has 4 rings (SSSR count). The van der Waals surface area contributed by atoms with Crippen LogP contribution in [0.5, 0.6) is 0 Å². The SMILES string of the molecule is O=C(C1CC2CC1C1C3C=CC(C3)C21)C(F)(F)S(=O)(=O)O. The summed E-state index contributed by atoms with van der Waals surface area (Å²) in [7, 11) is -5.69. The van der Waals surface area contributed by atoms with Crippen molar-refractivity contribution in [3.8, 4) is 0 Å². The quantitative estimate of drug-likeness (QED) is 0.491. The first-order chi connectivity index (χ1) is 9.72. The number of rotatable bonds is 3. The Morgan fingerprint density at radius 3 is 2.33 bits per heavy atom. The Morgan fingerprint density at radius 2 is 1.71 bits per heavy atom. The predicted molar refractivity (Wildman–Crippen MR) is 68.9 cm³/mol. The van der Waals surface area contributed by atoms with Gasteiger partial charge in [-0.25, -0.2) is 0 Å². The molecule has 0 radical (unpaired) electrons. The molecule has 0 aromatic heterocycles. The standard InChI is InChI=1S/C14H16F2O4S/c15-14(16,21(18,19)20)13(17)10-5-8-4-9(10)12-7-2-1-6(3-7)11(8)12/h1-2,6-12H,3-5H2,(H,18,19,20). The molecular weight excluding hydrogens is 302 g/mol. The number of carbonyl (C=O) groups excluding carboxylic acids is 1. The molecule has 116 valence electrons. The molecule has 4 nitrogen and oxygen atoms in total. The monoisotopic (exact) mass is 318 g/mol. The van der Waals surface area contributed by atoms with Crippen molar-refractivity contribution in [3.63, 3.8) is 0 Å². The van der Waals surface area contributed by atoms with Gasteiger partial charge in [-0.15, -0.1) is 0 Å². The van der Waals surface area contributed by atoms with E-state index in [0.717, 1.165) is 12.8 Å². The van der Waals surface area contributed by atoms with Crippen molar-refractivity contribution < 1.29 is 26.5 Å². The first kappa shape index (κ1) is 13.8. The first-order valence-electron chi connectivity index (χ1n) is 7.29. The molecule has 4 aliphatic rings. The largest absolute Gasteiger partial charge is 0.426 e. The summed E-state index contributed by atoms with van der Waals surface area (Å²) in [5.74, 6) is -0.869. The van der Waals surface area contributed by atoms with Crippen molar-refractivity contribution in [1.82, 2.24) is 0 Å². The second-order valence-corrected chi connectivity index (χ2v) is 8.42. The van der Waals surface area contributed by atoms with E-state index in [4.69, 9.17) is 4.55 Å². The van der Waals surface area contributed by atoms with E-state index in [0.29, 0.717) is 24.2 Å². The molecule has 3 fully saturated rings. The molecule has 4 bridgehead atoms. The minimum atomic E-state index is -5.69. The van der Waals surface area contributed by atoms with Crippen LogP contribution in [0, 0.1) is 41.4 Å². The number of carbonyl (C=O) groups is 1. The lowest BCUT2D eigenvalue weighted by Gasteiger charge is -2.36. The van der Waals surface area contributed by atoms with Gasteiger partial charge in [-0.2, -0.15) is 17.2 Å². The number of alkyl halides is 2. The first-order valence-corrected chi connectivity index (χ1v) is 8.73. The van der Waals surface area contributed by atoms with Crippen molar-refractivity contribution in [3.05, 3.63) is 12.2 Å². The van der Waals surface area contributed by atoms with Crippen molar-refractivity contribution in [2.45, 2.75) is 24.5 Å². The normalized spacial score (nSPS) is 47.1. The molecule has 1 N–H and O–H groups in total. The van der Waals surface area contributed by atoms with E-state index in [2.05, 4.69) is 12.2 Å². The number of hydrogen-bond acceptors (Lipinski definition) is 3.